The Morgan fingerprint density at radius 2 is 1.65 bits per heavy atom. The molecule has 2 amide bonds. The molecule has 3 rings (SSSR count). The first-order valence-corrected chi connectivity index (χ1v) is 10.7. The van der Waals surface area contributed by atoms with E-state index in [-0.39, 0.29) is 18.4 Å². The molecule has 0 radical (unpaired) electrons. The zero-order chi connectivity index (χ0) is 22.2. The molecular formula is C25H31N3O3. The van der Waals surface area contributed by atoms with Crippen LogP contribution in [0.5, 0.6) is 5.75 Å². The Balaban J connectivity index is 1.44. The number of rotatable bonds is 8. The van der Waals surface area contributed by atoms with Gasteiger partial charge in [0.2, 0.25) is 5.91 Å². The summed E-state index contributed by atoms with van der Waals surface area (Å²) in [6, 6.07) is 14.5. The van der Waals surface area contributed by atoms with Crippen molar-refractivity contribution in [3.63, 3.8) is 0 Å². The molecule has 0 saturated carbocycles. The quantitative estimate of drug-likeness (QED) is 0.613. The van der Waals surface area contributed by atoms with Gasteiger partial charge in [0.25, 0.3) is 5.91 Å². The Hall–Kier alpha value is -3.28. The lowest BCUT2D eigenvalue weighted by molar-refractivity contribution is -0.114. The first kappa shape index (κ1) is 22.4. The fourth-order valence-corrected chi connectivity index (χ4v) is 3.35. The molecule has 0 spiro atoms. The van der Waals surface area contributed by atoms with Crippen LogP contribution in [-0.2, 0) is 4.79 Å². The molecule has 0 unspecified atom stereocenters. The lowest BCUT2D eigenvalue weighted by atomic mass is 9.98. The Kier molecular flexibility index (Phi) is 7.70. The van der Waals surface area contributed by atoms with E-state index >= 15 is 0 Å². The highest BCUT2D eigenvalue weighted by Crippen LogP contribution is 2.19. The highest BCUT2D eigenvalue weighted by Gasteiger charge is 2.21. The molecule has 0 atom stereocenters. The smallest absolute Gasteiger partial charge is 0.253 e. The van der Waals surface area contributed by atoms with Gasteiger partial charge in [0.15, 0.2) is 0 Å². The van der Waals surface area contributed by atoms with Crippen molar-refractivity contribution >= 4 is 23.2 Å². The van der Waals surface area contributed by atoms with Gasteiger partial charge in [-0.1, -0.05) is 13.5 Å². The number of hydrogen-bond acceptors (Lipinski definition) is 4. The summed E-state index contributed by atoms with van der Waals surface area (Å²) in [7, 11) is 0. The standard InChI is InChI=1S/C25H31N3O3/c1-18(2)17-31-23-10-8-22(9-11-23)27-24(29)16-26-21-6-4-20(5-7-21)25(30)28-14-12-19(3)13-15-28/h4-11,19,26H,1,12-17H2,2-3H3,(H,27,29). The van der Waals surface area contributed by atoms with Crippen LogP contribution in [0, 0.1) is 5.92 Å². The van der Waals surface area contributed by atoms with Crippen molar-refractivity contribution in [1.29, 1.82) is 0 Å². The third-order valence-corrected chi connectivity index (χ3v) is 5.28. The second-order valence-corrected chi connectivity index (χ2v) is 8.22. The van der Waals surface area contributed by atoms with Crippen LogP contribution >= 0.6 is 0 Å². The molecule has 31 heavy (non-hydrogen) atoms. The van der Waals surface area contributed by atoms with Gasteiger partial charge < -0.3 is 20.3 Å². The van der Waals surface area contributed by atoms with Gasteiger partial charge in [-0.25, -0.2) is 0 Å². The summed E-state index contributed by atoms with van der Waals surface area (Å²) in [6.07, 6.45) is 2.12. The largest absolute Gasteiger partial charge is 0.489 e. The van der Waals surface area contributed by atoms with Crippen LogP contribution < -0.4 is 15.4 Å². The SMILES string of the molecule is C=C(C)COc1ccc(NC(=O)CNc2ccc(C(=O)N3CCC(C)CC3)cc2)cc1. The van der Waals surface area contributed by atoms with Gasteiger partial charge in [-0.2, -0.15) is 0 Å². The van der Waals surface area contributed by atoms with Crippen molar-refractivity contribution < 1.29 is 14.3 Å². The number of hydrogen-bond donors (Lipinski definition) is 2. The van der Waals surface area contributed by atoms with Crippen molar-refractivity contribution in [3.8, 4) is 5.75 Å². The third-order valence-electron chi connectivity index (χ3n) is 5.28. The molecule has 1 fully saturated rings. The lowest BCUT2D eigenvalue weighted by Crippen LogP contribution is -2.37. The highest BCUT2D eigenvalue weighted by atomic mass is 16.5. The number of nitrogens with one attached hydrogen (secondary N) is 2. The fourth-order valence-electron chi connectivity index (χ4n) is 3.35. The number of likely N-dealkylation sites (tertiary alicyclic amines) is 1. The molecule has 1 aliphatic heterocycles. The van der Waals surface area contributed by atoms with E-state index in [0.29, 0.717) is 23.8 Å². The van der Waals surface area contributed by atoms with E-state index in [1.807, 2.05) is 48.2 Å². The number of amides is 2. The van der Waals surface area contributed by atoms with Crippen LogP contribution in [0.1, 0.15) is 37.0 Å². The van der Waals surface area contributed by atoms with Crippen molar-refractivity contribution in [3.05, 3.63) is 66.2 Å². The number of carbonyl (C=O) groups is 2. The number of ether oxygens (including phenoxy) is 1. The minimum atomic E-state index is -0.154. The first-order chi connectivity index (χ1) is 14.9. The average Bonchev–Trinajstić information content (AvgIpc) is 2.77. The van der Waals surface area contributed by atoms with E-state index in [4.69, 9.17) is 4.74 Å². The summed E-state index contributed by atoms with van der Waals surface area (Å²) in [5.41, 5.74) is 3.12. The minimum Gasteiger partial charge on any atom is -0.489 e. The topological polar surface area (TPSA) is 70.7 Å². The molecule has 0 bridgehead atoms. The molecule has 2 aromatic rings. The molecule has 2 aromatic carbocycles. The predicted octanol–water partition coefficient (Wildman–Crippen LogP) is 4.56. The number of benzene rings is 2. The van der Waals surface area contributed by atoms with Gasteiger partial charge in [-0.05, 0) is 79.8 Å². The van der Waals surface area contributed by atoms with Crippen LogP contribution in [0.3, 0.4) is 0 Å². The van der Waals surface area contributed by atoms with Crippen molar-refractivity contribution in [2.75, 3.05) is 36.9 Å². The lowest BCUT2D eigenvalue weighted by Gasteiger charge is -2.30. The Morgan fingerprint density at radius 3 is 2.26 bits per heavy atom. The summed E-state index contributed by atoms with van der Waals surface area (Å²) < 4.78 is 5.55. The van der Waals surface area contributed by atoms with Gasteiger partial charge in [0.05, 0.1) is 6.54 Å². The molecule has 164 valence electrons. The maximum absolute atomic E-state index is 12.6. The highest BCUT2D eigenvalue weighted by molar-refractivity contribution is 5.95. The Bertz CT molecular complexity index is 899. The molecule has 2 N–H and O–H groups in total. The van der Waals surface area contributed by atoms with Crippen molar-refractivity contribution in [2.45, 2.75) is 26.7 Å². The van der Waals surface area contributed by atoms with Crippen molar-refractivity contribution in [1.82, 2.24) is 4.90 Å². The second-order valence-electron chi connectivity index (χ2n) is 8.22. The predicted molar refractivity (Wildman–Crippen MR) is 125 cm³/mol. The number of carbonyl (C=O) groups excluding carboxylic acids is 2. The van der Waals surface area contributed by atoms with Crippen LogP contribution in [0.15, 0.2) is 60.7 Å². The number of nitrogens with zero attached hydrogens (tertiary/aromatic N) is 1. The minimum absolute atomic E-state index is 0.0758. The first-order valence-electron chi connectivity index (χ1n) is 10.7. The Labute approximate surface area is 184 Å². The van der Waals surface area contributed by atoms with Crippen LogP contribution in [0.2, 0.25) is 0 Å². The Morgan fingerprint density at radius 1 is 1.03 bits per heavy atom. The molecule has 1 saturated heterocycles. The van der Waals surface area contributed by atoms with Gasteiger partial charge in [-0.3, -0.25) is 9.59 Å². The van der Waals surface area contributed by atoms with E-state index in [1.165, 1.54) is 0 Å². The summed E-state index contributed by atoms with van der Waals surface area (Å²) in [5.74, 6) is 1.34. The zero-order valence-corrected chi connectivity index (χ0v) is 18.3. The van der Waals surface area contributed by atoms with E-state index in [0.717, 1.165) is 42.9 Å². The molecule has 6 nitrogen and oxygen atoms in total. The summed E-state index contributed by atoms with van der Waals surface area (Å²) in [5, 5.41) is 5.93. The van der Waals surface area contributed by atoms with Gasteiger partial charge in [0.1, 0.15) is 12.4 Å². The van der Waals surface area contributed by atoms with E-state index in [2.05, 4.69) is 24.1 Å². The third kappa shape index (κ3) is 6.88. The maximum atomic E-state index is 12.6. The van der Waals surface area contributed by atoms with Crippen LogP contribution in [-0.4, -0.2) is 43.0 Å². The molecular weight excluding hydrogens is 390 g/mol. The van der Waals surface area contributed by atoms with Crippen LogP contribution in [0.4, 0.5) is 11.4 Å². The van der Waals surface area contributed by atoms with Crippen molar-refractivity contribution in [2.24, 2.45) is 5.92 Å². The normalized spacial score (nSPS) is 14.1. The molecule has 6 heteroatoms. The summed E-state index contributed by atoms with van der Waals surface area (Å²) >= 11 is 0. The van der Waals surface area contributed by atoms with E-state index in [1.54, 1.807) is 12.1 Å². The number of anilines is 2. The van der Waals surface area contributed by atoms with Gasteiger partial charge in [0, 0.05) is 30.0 Å². The average molecular weight is 422 g/mol. The molecule has 1 heterocycles. The van der Waals surface area contributed by atoms with E-state index < -0.39 is 0 Å². The number of piperidine rings is 1. The zero-order valence-electron chi connectivity index (χ0n) is 18.3. The molecule has 1 aliphatic rings. The van der Waals surface area contributed by atoms with Crippen LogP contribution in [0.25, 0.3) is 0 Å². The fraction of sp³-hybridized carbons (Fsp3) is 0.360. The molecule has 0 aromatic heterocycles. The summed E-state index contributed by atoms with van der Waals surface area (Å²) in [6.45, 7) is 10.2. The maximum Gasteiger partial charge on any atom is 0.253 e. The monoisotopic (exact) mass is 421 g/mol. The second kappa shape index (κ2) is 10.7. The van der Waals surface area contributed by atoms with Gasteiger partial charge >= 0.3 is 0 Å². The van der Waals surface area contributed by atoms with E-state index in [9.17, 15) is 9.59 Å². The summed E-state index contributed by atoms with van der Waals surface area (Å²) in [4.78, 5) is 26.8. The molecule has 0 aliphatic carbocycles. The van der Waals surface area contributed by atoms with Gasteiger partial charge in [-0.15, -0.1) is 0 Å².